The Kier molecular flexibility index (Phi) is 4.37. The lowest BCUT2D eigenvalue weighted by molar-refractivity contribution is -0.139. The van der Waals surface area contributed by atoms with Gasteiger partial charge in [0, 0.05) is 18.6 Å². The molecule has 1 aromatic carbocycles. The van der Waals surface area contributed by atoms with E-state index in [1.807, 2.05) is 13.8 Å². The second-order valence-electron chi connectivity index (χ2n) is 9.61. The van der Waals surface area contributed by atoms with Crippen LogP contribution in [0, 0.1) is 40.2 Å². The maximum Gasteiger partial charge on any atom is 0.222 e. The van der Waals surface area contributed by atoms with Crippen molar-refractivity contribution >= 4 is 5.91 Å². The third-order valence-corrected chi connectivity index (χ3v) is 7.59. The molecule has 2 bridgehead atoms. The van der Waals surface area contributed by atoms with Crippen LogP contribution in [0.3, 0.4) is 0 Å². The Bertz CT molecular complexity index is 763. The van der Waals surface area contributed by atoms with Gasteiger partial charge in [-0.3, -0.25) is 4.79 Å². The van der Waals surface area contributed by atoms with E-state index in [9.17, 15) is 13.6 Å². The molecule has 1 unspecified atom stereocenters. The highest BCUT2D eigenvalue weighted by atomic mass is 19.2. The van der Waals surface area contributed by atoms with E-state index >= 15 is 0 Å². The third-order valence-electron chi connectivity index (χ3n) is 7.59. The molecule has 3 fully saturated rings. The standard InChI is InChI=1S/C22H29F2NO2/c1-12(2)19(26)25-20-21(3,4)14-10-15-18(27-8-7-22(15,20)11-14)13-5-6-16(23)17(24)9-13/h5-6,9,12,14-15,18,20H,7-8,10-11H2,1-4H3,(H,25,26)/t14-,15-,18-,20+,22?/m1/s1. The number of ether oxygens (including phenoxy) is 1. The molecular formula is C22H29F2NO2. The number of benzene rings is 1. The van der Waals surface area contributed by atoms with Gasteiger partial charge in [-0.05, 0) is 59.6 Å². The van der Waals surface area contributed by atoms with Gasteiger partial charge in [-0.25, -0.2) is 8.78 Å². The number of hydrogen-bond donors (Lipinski definition) is 1. The largest absolute Gasteiger partial charge is 0.373 e. The van der Waals surface area contributed by atoms with Gasteiger partial charge in [0.05, 0.1) is 6.10 Å². The minimum absolute atomic E-state index is 0.0248. The second kappa shape index (κ2) is 6.26. The Balaban J connectivity index is 1.69. The summed E-state index contributed by atoms with van der Waals surface area (Å²) in [6.45, 7) is 8.93. The van der Waals surface area contributed by atoms with E-state index in [4.69, 9.17) is 4.74 Å². The fourth-order valence-electron chi connectivity index (χ4n) is 6.12. The maximum atomic E-state index is 13.8. The van der Waals surface area contributed by atoms with Crippen molar-refractivity contribution in [3.05, 3.63) is 35.4 Å². The number of rotatable bonds is 3. The Hall–Kier alpha value is -1.49. The van der Waals surface area contributed by atoms with Crippen molar-refractivity contribution < 1.29 is 18.3 Å². The van der Waals surface area contributed by atoms with Crippen molar-refractivity contribution in [3.8, 4) is 0 Å². The van der Waals surface area contributed by atoms with Crippen LogP contribution in [-0.2, 0) is 9.53 Å². The number of fused-ring (bicyclic) bond motifs is 1. The lowest BCUT2D eigenvalue weighted by Gasteiger charge is -2.53. The highest BCUT2D eigenvalue weighted by Crippen LogP contribution is 2.70. The van der Waals surface area contributed by atoms with Gasteiger partial charge in [0.1, 0.15) is 0 Å². The van der Waals surface area contributed by atoms with Crippen LogP contribution in [0.4, 0.5) is 8.78 Å². The van der Waals surface area contributed by atoms with Crippen LogP contribution >= 0.6 is 0 Å². The molecule has 1 N–H and O–H groups in total. The fourth-order valence-corrected chi connectivity index (χ4v) is 6.12. The molecule has 1 aliphatic heterocycles. The summed E-state index contributed by atoms with van der Waals surface area (Å²) in [5.41, 5.74) is 0.695. The van der Waals surface area contributed by atoms with Crippen molar-refractivity contribution in [2.75, 3.05) is 6.61 Å². The number of carbonyl (C=O) groups excluding carboxylic acids is 1. The zero-order chi connectivity index (χ0) is 19.6. The number of halogens is 2. The Morgan fingerprint density at radius 1 is 1.26 bits per heavy atom. The van der Waals surface area contributed by atoms with Crippen molar-refractivity contribution in [3.63, 3.8) is 0 Å². The van der Waals surface area contributed by atoms with E-state index in [0.29, 0.717) is 18.1 Å². The Morgan fingerprint density at radius 3 is 2.67 bits per heavy atom. The van der Waals surface area contributed by atoms with Crippen LogP contribution in [0.15, 0.2) is 18.2 Å². The molecule has 2 saturated carbocycles. The summed E-state index contributed by atoms with van der Waals surface area (Å²) in [7, 11) is 0. The Labute approximate surface area is 159 Å². The van der Waals surface area contributed by atoms with Crippen molar-refractivity contribution in [1.82, 2.24) is 5.32 Å². The number of amides is 1. The molecule has 2 aliphatic carbocycles. The number of carbonyl (C=O) groups is 1. The first-order valence-corrected chi connectivity index (χ1v) is 10.0. The summed E-state index contributed by atoms with van der Waals surface area (Å²) in [5, 5.41) is 3.35. The predicted molar refractivity (Wildman–Crippen MR) is 98.9 cm³/mol. The van der Waals surface area contributed by atoms with Crippen LogP contribution in [0.1, 0.15) is 58.6 Å². The van der Waals surface area contributed by atoms with Crippen LogP contribution in [0.2, 0.25) is 0 Å². The Morgan fingerprint density at radius 2 is 2.00 bits per heavy atom. The fraction of sp³-hybridized carbons (Fsp3) is 0.682. The maximum absolute atomic E-state index is 13.8. The third kappa shape index (κ3) is 2.72. The van der Waals surface area contributed by atoms with E-state index in [-0.39, 0.29) is 40.7 Å². The van der Waals surface area contributed by atoms with E-state index in [0.717, 1.165) is 19.3 Å². The lowest BCUT2D eigenvalue weighted by atomic mass is 9.58. The van der Waals surface area contributed by atoms with Crippen molar-refractivity contribution in [2.24, 2.45) is 28.6 Å². The van der Waals surface area contributed by atoms with Gasteiger partial charge in [0.25, 0.3) is 0 Å². The molecule has 1 amide bonds. The topological polar surface area (TPSA) is 38.3 Å². The van der Waals surface area contributed by atoms with Crippen LogP contribution in [0.25, 0.3) is 0 Å². The van der Waals surface area contributed by atoms with Gasteiger partial charge in [0.2, 0.25) is 5.91 Å². The van der Waals surface area contributed by atoms with Gasteiger partial charge in [-0.2, -0.15) is 0 Å². The molecule has 27 heavy (non-hydrogen) atoms. The summed E-state index contributed by atoms with van der Waals surface area (Å²) < 4.78 is 33.3. The van der Waals surface area contributed by atoms with Crippen LogP contribution in [-0.4, -0.2) is 18.6 Å². The van der Waals surface area contributed by atoms with Gasteiger partial charge in [0.15, 0.2) is 11.6 Å². The second-order valence-corrected chi connectivity index (χ2v) is 9.61. The predicted octanol–water partition coefficient (Wildman–Crippen LogP) is 4.62. The van der Waals surface area contributed by atoms with E-state index in [1.165, 1.54) is 12.1 Å². The molecule has 0 aromatic heterocycles. The van der Waals surface area contributed by atoms with E-state index in [1.54, 1.807) is 6.07 Å². The minimum Gasteiger partial charge on any atom is -0.373 e. The molecule has 5 heteroatoms. The molecule has 1 heterocycles. The number of hydrogen-bond acceptors (Lipinski definition) is 2. The average molecular weight is 377 g/mol. The minimum atomic E-state index is -0.833. The molecule has 1 saturated heterocycles. The van der Waals surface area contributed by atoms with Gasteiger partial charge >= 0.3 is 0 Å². The summed E-state index contributed by atoms with van der Waals surface area (Å²) in [5.74, 6) is -0.924. The molecule has 0 radical (unpaired) electrons. The summed E-state index contributed by atoms with van der Waals surface area (Å²) in [6, 6.07) is 4.18. The van der Waals surface area contributed by atoms with Crippen LogP contribution in [0.5, 0.6) is 0 Å². The SMILES string of the molecule is CC(C)C(=O)N[C@H]1C(C)(C)[C@@H]2C[C@@H]3[C@@H](c4ccc(F)c(F)c4)OCCC31C2. The molecular weight excluding hydrogens is 348 g/mol. The average Bonchev–Trinajstić information content (AvgIpc) is 3.10. The van der Waals surface area contributed by atoms with Crippen LogP contribution < -0.4 is 5.32 Å². The van der Waals surface area contributed by atoms with Gasteiger partial charge in [-0.15, -0.1) is 0 Å². The molecule has 1 aromatic rings. The number of nitrogens with one attached hydrogen (secondary N) is 1. The van der Waals surface area contributed by atoms with E-state index in [2.05, 4.69) is 19.2 Å². The smallest absolute Gasteiger partial charge is 0.222 e. The first-order chi connectivity index (χ1) is 12.7. The normalized spacial score (nSPS) is 36.7. The molecule has 3 aliphatic rings. The molecule has 3 nitrogen and oxygen atoms in total. The summed E-state index contributed by atoms with van der Waals surface area (Å²) in [4.78, 5) is 12.5. The quantitative estimate of drug-likeness (QED) is 0.835. The molecule has 148 valence electrons. The zero-order valence-electron chi connectivity index (χ0n) is 16.5. The van der Waals surface area contributed by atoms with Crippen molar-refractivity contribution in [2.45, 2.75) is 59.1 Å². The lowest BCUT2D eigenvalue weighted by Crippen LogP contribution is -2.59. The van der Waals surface area contributed by atoms with Crippen molar-refractivity contribution in [1.29, 1.82) is 0 Å². The first-order valence-electron chi connectivity index (χ1n) is 10.0. The van der Waals surface area contributed by atoms with E-state index < -0.39 is 11.6 Å². The van der Waals surface area contributed by atoms with Gasteiger partial charge in [-0.1, -0.05) is 33.8 Å². The highest BCUT2D eigenvalue weighted by molar-refractivity contribution is 5.78. The zero-order valence-corrected chi connectivity index (χ0v) is 16.5. The monoisotopic (exact) mass is 377 g/mol. The summed E-state index contributed by atoms with van der Waals surface area (Å²) in [6.07, 6.45) is 2.73. The molecule has 1 spiro atoms. The summed E-state index contributed by atoms with van der Waals surface area (Å²) >= 11 is 0. The molecule has 4 rings (SSSR count). The molecule has 5 atom stereocenters. The first kappa shape index (κ1) is 18.9. The van der Waals surface area contributed by atoms with Gasteiger partial charge < -0.3 is 10.1 Å². The highest BCUT2D eigenvalue weighted by Gasteiger charge is 2.68.